The topological polar surface area (TPSA) is 442 Å². The Bertz CT molecular complexity index is 2240. The van der Waals surface area contributed by atoms with Gasteiger partial charge in [0.25, 0.3) is 5.56 Å². The van der Waals surface area contributed by atoms with Crippen molar-refractivity contribution < 1.29 is 107 Å². The summed E-state index contributed by atoms with van der Waals surface area (Å²) in [7, 11) is -36.9. The van der Waals surface area contributed by atoms with E-state index < -0.39 is 89.8 Å². The summed E-state index contributed by atoms with van der Waals surface area (Å²) in [6.45, 7) is 2.93. The standard InChI is InChI=1S/C25H46N6O25P6/c1-3-19-16-30(29-28-19)10-13-48-12-8-22(33)26-9-6-4-5-7-11-49-57(36,37)52-59(40,41)54-61(44,45)56-62(46,47)55-60(42,43)53-58(38,39)50-17-21-20(32)14-23(51-21)31-15-18(2)24(34)27-25(31)35/h15-16,20-21,23,32H,3-14,17H2,1-2H3,(H,26,33)(H,36,37)(H,38,39)(H,40,41)(H,42,43)(H,44,45)(H,46,47)(H,27,34,35)/t20?,21-,23-/m1/s1. The highest BCUT2D eigenvalue weighted by atomic mass is 31.3. The Morgan fingerprint density at radius 2 is 1.39 bits per heavy atom. The molecule has 356 valence electrons. The van der Waals surface area contributed by atoms with Gasteiger partial charge < -0.3 is 49.3 Å². The van der Waals surface area contributed by atoms with E-state index in [4.69, 9.17) is 9.47 Å². The van der Waals surface area contributed by atoms with Crippen LogP contribution in [0.15, 0.2) is 22.0 Å². The summed E-state index contributed by atoms with van der Waals surface area (Å²) in [5, 5.41) is 20.8. The number of aromatic nitrogens is 5. The number of phosphoric acid groups is 6. The Kier molecular flexibility index (Phi) is 20.6. The number of nitrogens with zero attached hydrogens (tertiary/aromatic N) is 4. The number of carbonyl (C=O) groups is 1. The van der Waals surface area contributed by atoms with Crippen molar-refractivity contribution in [3.63, 3.8) is 0 Å². The van der Waals surface area contributed by atoms with Crippen LogP contribution in [-0.2, 0) is 85.2 Å². The molecule has 9 atom stereocenters. The molecule has 3 heterocycles. The zero-order chi connectivity index (χ0) is 46.6. The minimum atomic E-state index is -6.49. The number of unbranched alkanes of at least 4 members (excludes halogenated alkanes) is 3. The molecule has 1 saturated heterocycles. The van der Waals surface area contributed by atoms with Crippen LogP contribution in [0.5, 0.6) is 0 Å². The summed E-state index contributed by atoms with van der Waals surface area (Å²) < 4.78 is 114. The van der Waals surface area contributed by atoms with E-state index in [9.17, 15) is 76.2 Å². The van der Waals surface area contributed by atoms with Gasteiger partial charge in [-0.3, -0.25) is 28.2 Å². The van der Waals surface area contributed by atoms with E-state index in [0.29, 0.717) is 39.0 Å². The first-order valence-electron chi connectivity index (χ1n) is 17.8. The van der Waals surface area contributed by atoms with Gasteiger partial charge in [0.05, 0.1) is 44.8 Å². The zero-order valence-electron chi connectivity index (χ0n) is 32.5. The highest BCUT2D eigenvalue weighted by Gasteiger charge is 2.50. The molecule has 1 aliphatic heterocycles. The third kappa shape index (κ3) is 20.0. The van der Waals surface area contributed by atoms with Crippen molar-refractivity contribution in [2.45, 2.75) is 83.8 Å². The van der Waals surface area contributed by atoms with E-state index in [2.05, 4.69) is 46.2 Å². The monoisotopic (exact) mass is 1020 g/mol. The lowest BCUT2D eigenvalue weighted by Gasteiger charge is -2.21. The molecule has 0 spiro atoms. The normalized spacial score (nSPS) is 22.7. The van der Waals surface area contributed by atoms with E-state index in [1.54, 1.807) is 10.9 Å². The molecule has 62 heavy (non-hydrogen) atoms. The van der Waals surface area contributed by atoms with Gasteiger partial charge in [-0.05, 0) is 26.2 Å². The van der Waals surface area contributed by atoms with Gasteiger partial charge in [0, 0.05) is 37.3 Å². The molecule has 0 aliphatic carbocycles. The summed E-state index contributed by atoms with van der Waals surface area (Å²) in [6, 6.07) is 0. The summed E-state index contributed by atoms with van der Waals surface area (Å²) in [5.41, 5.74) is -0.708. The summed E-state index contributed by atoms with van der Waals surface area (Å²) in [4.78, 5) is 96.0. The number of hydrogen-bond donors (Lipinski definition) is 9. The minimum Gasteiger partial charge on any atom is -0.390 e. The second kappa shape index (κ2) is 23.5. The number of phosphoric ester groups is 2. The van der Waals surface area contributed by atoms with Crippen molar-refractivity contribution in [3.05, 3.63) is 44.5 Å². The number of carbonyl (C=O) groups excluding carboxylic acids is 1. The maximum Gasteiger partial charge on any atom is 0.490 e. The average Bonchev–Trinajstić information content (AvgIpc) is 3.73. The van der Waals surface area contributed by atoms with E-state index in [1.165, 1.54) is 6.92 Å². The lowest BCUT2D eigenvalue weighted by molar-refractivity contribution is -0.122. The van der Waals surface area contributed by atoms with Crippen molar-refractivity contribution in [2.24, 2.45) is 0 Å². The van der Waals surface area contributed by atoms with Crippen molar-refractivity contribution in [1.82, 2.24) is 29.9 Å². The third-order valence-electron chi connectivity index (χ3n) is 7.63. The summed E-state index contributed by atoms with van der Waals surface area (Å²) in [5.74, 6) is -0.253. The van der Waals surface area contributed by atoms with E-state index in [1.807, 2.05) is 11.9 Å². The van der Waals surface area contributed by atoms with Gasteiger partial charge in [0.15, 0.2) is 0 Å². The number of aliphatic hydroxyl groups excluding tert-OH is 1. The number of amides is 1. The number of aryl methyl sites for hydroxylation is 2. The van der Waals surface area contributed by atoms with Gasteiger partial charge >= 0.3 is 52.6 Å². The molecule has 7 unspecified atom stereocenters. The Hall–Kier alpha value is -1.97. The molecular formula is C25H46N6O25P6. The van der Waals surface area contributed by atoms with Crippen LogP contribution in [0.1, 0.15) is 62.9 Å². The fourth-order valence-electron chi connectivity index (χ4n) is 4.87. The van der Waals surface area contributed by atoms with Crippen molar-refractivity contribution >= 4 is 52.8 Å². The number of nitrogens with one attached hydrogen (secondary N) is 2. The number of hydrogen-bond acceptors (Lipinski definition) is 21. The fraction of sp³-hybridized carbons (Fsp3) is 0.720. The van der Waals surface area contributed by atoms with Crippen LogP contribution < -0.4 is 16.6 Å². The van der Waals surface area contributed by atoms with E-state index >= 15 is 0 Å². The molecule has 0 saturated carbocycles. The van der Waals surface area contributed by atoms with Crippen molar-refractivity contribution in [2.75, 3.05) is 33.0 Å². The molecule has 1 amide bonds. The highest BCUT2D eigenvalue weighted by Crippen LogP contribution is 2.75. The lowest BCUT2D eigenvalue weighted by Crippen LogP contribution is -2.33. The Balaban J connectivity index is 1.33. The SMILES string of the molecule is CCc1cn(CCOCCC(=O)NCCCCCCOP(=O)(O)OP(=O)(O)OP(=O)(O)OP(=O)(O)OP(=O)(O)OP(=O)(O)OC[C@H]2O[C@@H](n3cc(C)c(=O)[nH]c3=O)CC2O)nn1. The predicted molar refractivity (Wildman–Crippen MR) is 203 cm³/mol. The number of H-pyrrole nitrogens is 1. The molecule has 31 nitrogen and oxygen atoms in total. The number of ether oxygens (including phenoxy) is 2. The van der Waals surface area contributed by atoms with Crippen LogP contribution in [0.25, 0.3) is 0 Å². The molecule has 0 aromatic carbocycles. The van der Waals surface area contributed by atoms with Gasteiger partial charge in [-0.2, -0.15) is 21.6 Å². The van der Waals surface area contributed by atoms with Gasteiger partial charge in [-0.1, -0.05) is 25.0 Å². The first kappa shape index (κ1) is 54.4. The summed E-state index contributed by atoms with van der Waals surface area (Å²) >= 11 is 0. The van der Waals surface area contributed by atoms with Gasteiger partial charge in [-0.15, -0.1) is 5.10 Å². The quantitative estimate of drug-likeness (QED) is 0.0407. The number of rotatable bonds is 29. The highest BCUT2D eigenvalue weighted by molar-refractivity contribution is 7.72. The number of aliphatic hydroxyl groups is 1. The second-order valence-electron chi connectivity index (χ2n) is 12.7. The van der Waals surface area contributed by atoms with Gasteiger partial charge in [0.2, 0.25) is 5.91 Å². The molecule has 1 aliphatic rings. The first-order chi connectivity index (χ1) is 28.6. The Labute approximate surface area is 350 Å². The van der Waals surface area contributed by atoms with E-state index in [0.717, 1.165) is 22.9 Å². The number of aromatic amines is 1. The largest absolute Gasteiger partial charge is 0.490 e. The summed E-state index contributed by atoms with van der Waals surface area (Å²) in [6.07, 6.45) is 0.604. The average molecular weight is 1020 g/mol. The van der Waals surface area contributed by atoms with Gasteiger partial charge in [-0.25, -0.2) is 36.9 Å². The predicted octanol–water partition coefficient (Wildman–Crippen LogP) is 1.15. The smallest absolute Gasteiger partial charge is 0.390 e. The van der Waals surface area contributed by atoms with Crippen LogP contribution in [-0.4, -0.2) is 110 Å². The molecule has 37 heteroatoms. The maximum absolute atomic E-state index is 12.3. The van der Waals surface area contributed by atoms with Gasteiger partial charge in [0.1, 0.15) is 12.3 Å². The zero-order valence-corrected chi connectivity index (χ0v) is 37.9. The Morgan fingerprint density at radius 3 is 1.97 bits per heavy atom. The van der Waals surface area contributed by atoms with Crippen LogP contribution >= 0.6 is 46.9 Å². The minimum absolute atomic E-state index is 0.0662. The molecule has 2 aromatic rings. The van der Waals surface area contributed by atoms with Crippen LogP contribution in [0.4, 0.5) is 0 Å². The molecule has 1 fully saturated rings. The molecule has 3 rings (SSSR count). The molecule has 2 aromatic heterocycles. The van der Waals surface area contributed by atoms with Crippen molar-refractivity contribution in [1.29, 1.82) is 0 Å². The fourth-order valence-corrected chi connectivity index (χ4v) is 12.7. The lowest BCUT2D eigenvalue weighted by atomic mass is 10.2. The molecular weight excluding hydrogens is 970 g/mol. The second-order valence-corrected chi connectivity index (χ2v) is 22.1. The van der Waals surface area contributed by atoms with E-state index in [-0.39, 0.29) is 37.3 Å². The first-order valence-corrected chi connectivity index (χ1v) is 26.8. The molecule has 9 N–H and O–H groups in total. The maximum atomic E-state index is 12.3. The Morgan fingerprint density at radius 1 is 0.823 bits per heavy atom. The van der Waals surface area contributed by atoms with Crippen LogP contribution in [0.2, 0.25) is 0 Å². The third-order valence-corrected chi connectivity index (χ3v) is 16.9. The van der Waals surface area contributed by atoms with Crippen LogP contribution in [0.3, 0.4) is 0 Å². The van der Waals surface area contributed by atoms with Crippen molar-refractivity contribution in [3.8, 4) is 0 Å². The molecule has 0 radical (unpaired) electrons. The van der Waals surface area contributed by atoms with Crippen LogP contribution in [0, 0.1) is 6.92 Å². The molecule has 0 bridgehead atoms.